The van der Waals surface area contributed by atoms with Gasteiger partial charge in [0.05, 0.1) is 8.44 Å². The molecule has 0 amide bonds. The molecule has 5 heteroatoms. The molecule has 2 aromatic rings. The molecule has 1 aliphatic rings. The van der Waals surface area contributed by atoms with E-state index in [9.17, 15) is 4.39 Å². The SMILES string of the molecule is [2H]C([2H])(Oc1cccc(C2=CCNCC2)n1)c1ccc(Cl)cc1F. The van der Waals surface area contributed by atoms with Crippen LogP contribution in [0.1, 0.15) is 20.4 Å². The Morgan fingerprint density at radius 3 is 3.05 bits per heavy atom. The fourth-order valence-electron chi connectivity index (χ4n) is 2.19. The summed E-state index contributed by atoms with van der Waals surface area (Å²) in [6.07, 6.45) is 2.89. The number of halogens is 2. The van der Waals surface area contributed by atoms with Gasteiger partial charge in [-0.15, -0.1) is 0 Å². The monoisotopic (exact) mass is 320 g/mol. The Hall–Kier alpha value is -1.91. The first-order chi connectivity index (χ1) is 11.5. The number of aromatic nitrogens is 1. The van der Waals surface area contributed by atoms with Crippen molar-refractivity contribution in [2.75, 3.05) is 13.1 Å². The number of hydrogen-bond donors (Lipinski definition) is 1. The van der Waals surface area contributed by atoms with E-state index in [4.69, 9.17) is 19.1 Å². The molecule has 114 valence electrons. The fourth-order valence-corrected chi connectivity index (χ4v) is 2.34. The second-order valence-corrected chi connectivity index (χ2v) is 5.31. The summed E-state index contributed by atoms with van der Waals surface area (Å²) in [5, 5.41) is 3.42. The summed E-state index contributed by atoms with van der Waals surface area (Å²) in [6.45, 7) is -0.711. The minimum Gasteiger partial charge on any atom is -0.473 e. The zero-order valence-electron chi connectivity index (χ0n) is 13.8. The van der Waals surface area contributed by atoms with Crippen LogP contribution in [-0.2, 0) is 6.56 Å². The zero-order chi connectivity index (χ0) is 17.2. The van der Waals surface area contributed by atoms with E-state index >= 15 is 0 Å². The topological polar surface area (TPSA) is 34.1 Å². The number of pyridine rings is 1. The van der Waals surface area contributed by atoms with E-state index in [0.717, 1.165) is 36.8 Å². The van der Waals surface area contributed by atoms with Crippen molar-refractivity contribution in [3.63, 3.8) is 0 Å². The summed E-state index contributed by atoms with van der Waals surface area (Å²) in [4.78, 5) is 4.35. The first kappa shape index (κ1) is 12.6. The normalized spacial score (nSPS) is 16.5. The Bertz CT molecular complexity index is 783. The molecule has 0 spiro atoms. The summed E-state index contributed by atoms with van der Waals surface area (Å²) >= 11 is 5.71. The van der Waals surface area contributed by atoms with E-state index in [1.165, 1.54) is 12.1 Å². The smallest absolute Gasteiger partial charge is 0.214 e. The van der Waals surface area contributed by atoms with Gasteiger partial charge in [0, 0.05) is 23.2 Å². The molecule has 0 radical (unpaired) electrons. The molecule has 22 heavy (non-hydrogen) atoms. The predicted molar refractivity (Wildman–Crippen MR) is 85.4 cm³/mol. The van der Waals surface area contributed by atoms with Crippen molar-refractivity contribution in [3.8, 4) is 5.88 Å². The minimum absolute atomic E-state index is 0.103. The van der Waals surface area contributed by atoms with Gasteiger partial charge in [-0.25, -0.2) is 9.37 Å². The van der Waals surface area contributed by atoms with Crippen LogP contribution in [0.15, 0.2) is 42.5 Å². The van der Waals surface area contributed by atoms with Crippen molar-refractivity contribution in [2.45, 2.75) is 13.0 Å². The quantitative estimate of drug-likeness (QED) is 0.929. The maximum atomic E-state index is 14.0. The lowest BCUT2D eigenvalue weighted by molar-refractivity contribution is 0.288. The second-order valence-electron chi connectivity index (χ2n) is 4.87. The third-order valence-electron chi connectivity index (χ3n) is 3.31. The molecule has 3 nitrogen and oxygen atoms in total. The summed E-state index contributed by atoms with van der Waals surface area (Å²) < 4.78 is 35.4. The highest BCUT2D eigenvalue weighted by Crippen LogP contribution is 2.21. The lowest BCUT2D eigenvalue weighted by Gasteiger charge is -2.14. The Morgan fingerprint density at radius 1 is 1.36 bits per heavy atom. The van der Waals surface area contributed by atoms with Gasteiger partial charge in [-0.2, -0.15) is 0 Å². The highest BCUT2D eigenvalue weighted by atomic mass is 35.5. The highest BCUT2D eigenvalue weighted by molar-refractivity contribution is 6.30. The van der Waals surface area contributed by atoms with Crippen LogP contribution in [0.3, 0.4) is 0 Å². The number of nitrogens with one attached hydrogen (secondary N) is 1. The van der Waals surface area contributed by atoms with Crippen LogP contribution < -0.4 is 10.1 Å². The van der Waals surface area contributed by atoms with Crippen LogP contribution >= 0.6 is 11.6 Å². The molecule has 3 rings (SSSR count). The number of nitrogens with zero attached hydrogens (tertiary/aromatic N) is 1. The van der Waals surface area contributed by atoms with E-state index in [1.54, 1.807) is 12.1 Å². The van der Waals surface area contributed by atoms with Crippen molar-refractivity contribution < 1.29 is 11.9 Å². The second kappa shape index (κ2) is 6.90. The van der Waals surface area contributed by atoms with E-state index < -0.39 is 12.4 Å². The van der Waals surface area contributed by atoms with Gasteiger partial charge in [0.15, 0.2) is 0 Å². The average molecular weight is 321 g/mol. The number of hydrogen-bond acceptors (Lipinski definition) is 3. The molecule has 0 atom stereocenters. The van der Waals surface area contributed by atoms with Crippen LogP contribution in [0.5, 0.6) is 5.88 Å². The van der Waals surface area contributed by atoms with E-state index in [1.807, 2.05) is 12.1 Å². The third kappa shape index (κ3) is 3.64. The molecular weight excluding hydrogens is 303 g/mol. The van der Waals surface area contributed by atoms with Crippen molar-refractivity contribution in [2.24, 2.45) is 0 Å². The molecule has 1 aromatic carbocycles. The lowest BCUT2D eigenvalue weighted by Crippen LogP contribution is -2.20. The Balaban J connectivity index is 1.85. The summed E-state index contributed by atoms with van der Waals surface area (Å²) in [7, 11) is 0. The first-order valence-electron chi connectivity index (χ1n) is 7.97. The molecule has 0 fully saturated rings. The Kier molecular flexibility index (Phi) is 3.96. The van der Waals surface area contributed by atoms with Crippen LogP contribution in [0, 0.1) is 5.82 Å². The molecule has 0 saturated carbocycles. The van der Waals surface area contributed by atoms with Gasteiger partial charge in [0.2, 0.25) is 5.88 Å². The molecule has 1 aliphatic heterocycles. The van der Waals surface area contributed by atoms with Gasteiger partial charge in [0.1, 0.15) is 12.4 Å². The lowest BCUT2D eigenvalue weighted by atomic mass is 10.1. The number of rotatable bonds is 4. The van der Waals surface area contributed by atoms with E-state index in [-0.39, 0.29) is 16.5 Å². The molecule has 2 heterocycles. The van der Waals surface area contributed by atoms with Gasteiger partial charge in [-0.3, -0.25) is 0 Å². The Morgan fingerprint density at radius 2 is 2.27 bits per heavy atom. The first-order valence-corrected chi connectivity index (χ1v) is 7.35. The van der Waals surface area contributed by atoms with Crippen molar-refractivity contribution in [1.82, 2.24) is 10.3 Å². The van der Waals surface area contributed by atoms with Crippen molar-refractivity contribution in [1.29, 1.82) is 0 Å². The minimum atomic E-state index is -2.36. The van der Waals surface area contributed by atoms with Crippen LogP contribution in [0.25, 0.3) is 5.57 Å². The summed E-state index contributed by atoms with van der Waals surface area (Å²) in [5.41, 5.74) is 1.60. The Labute approximate surface area is 136 Å². The maximum Gasteiger partial charge on any atom is 0.214 e. The molecule has 0 aliphatic carbocycles. The van der Waals surface area contributed by atoms with Gasteiger partial charge >= 0.3 is 0 Å². The number of ether oxygens (including phenoxy) is 1. The summed E-state index contributed by atoms with van der Waals surface area (Å²) in [5.74, 6) is -0.656. The molecular formula is C17H16ClFN2O. The van der Waals surface area contributed by atoms with Gasteiger partial charge in [0.25, 0.3) is 0 Å². The standard InChI is InChI=1S/C17H16ClFN2O/c18-14-5-4-13(15(19)10-14)11-22-17-3-1-2-16(21-17)12-6-8-20-9-7-12/h1-6,10,20H,7-9,11H2/i11D2. The fraction of sp³-hybridized carbons (Fsp3) is 0.235. The third-order valence-corrected chi connectivity index (χ3v) is 3.55. The van der Waals surface area contributed by atoms with Crippen LogP contribution in [-0.4, -0.2) is 18.1 Å². The average Bonchev–Trinajstić information content (AvgIpc) is 2.55. The molecule has 0 unspecified atom stereocenters. The summed E-state index contributed by atoms with van der Waals surface area (Å²) in [6, 6.07) is 8.90. The van der Waals surface area contributed by atoms with E-state index in [0.29, 0.717) is 0 Å². The zero-order valence-corrected chi connectivity index (χ0v) is 12.5. The maximum absolute atomic E-state index is 14.0. The van der Waals surface area contributed by atoms with Gasteiger partial charge < -0.3 is 10.1 Å². The van der Waals surface area contributed by atoms with Gasteiger partial charge in [-0.05, 0) is 36.7 Å². The predicted octanol–water partition coefficient (Wildman–Crippen LogP) is 3.83. The number of benzene rings is 1. The van der Waals surface area contributed by atoms with E-state index in [2.05, 4.69) is 10.3 Å². The largest absolute Gasteiger partial charge is 0.473 e. The molecule has 0 saturated heterocycles. The van der Waals surface area contributed by atoms with Crippen LogP contribution in [0.2, 0.25) is 5.02 Å². The van der Waals surface area contributed by atoms with Crippen molar-refractivity contribution in [3.05, 3.63) is 64.6 Å². The van der Waals surface area contributed by atoms with Crippen LogP contribution in [0.4, 0.5) is 4.39 Å². The molecule has 1 N–H and O–H groups in total. The molecule has 0 bridgehead atoms. The molecule has 1 aromatic heterocycles. The van der Waals surface area contributed by atoms with Gasteiger partial charge in [-0.1, -0.05) is 29.8 Å². The highest BCUT2D eigenvalue weighted by Gasteiger charge is 2.09. The van der Waals surface area contributed by atoms with Crippen molar-refractivity contribution >= 4 is 17.2 Å².